The van der Waals surface area contributed by atoms with Crippen molar-refractivity contribution in [3.63, 3.8) is 0 Å². The molecule has 0 saturated carbocycles. The molecule has 0 amide bonds. The van der Waals surface area contributed by atoms with Gasteiger partial charge in [0.05, 0.1) is 24.2 Å². The smallest absolute Gasteiger partial charge is 0.243 e. The largest absolute Gasteiger partial charge is 0.496 e. The van der Waals surface area contributed by atoms with Crippen molar-refractivity contribution in [2.45, 2.75) is 44.3 Å². The van der Waals surface area contributed by atoms with E-state index in [9.17, 15) is 8.42 Å². The molecule has 1 aliphatic heterocycles. The second-order valence-electron chi connectivity index (χ2n) is 5.41. The molecule has 1 aromatic rings. The topological polar surface area (TPSA) is 55.8 Å². The van der Waals surface area contributed by atoms with Crippen LogP contribution in [-0.4, -0.2) is 45.1 Å². The number of hydrogen-bond acceptors (Lipinski definition) is 4. The maximum absolute atomic E-state index is 12.8. The molecule has 0 spiro atoms. The van der Waals surface area contributed by atoms with Crippen LogP contribution in [0.25, 0.3) is 0 Å². The third kappa shape index (κ3) is 3.39. The van der Waals surface area contributed by atoms with Crippen LogP contribution in [0.15, 0.2) is 23.1 Å². The fourth-order valence-corrected chi connectivity index (χ4v) is 4.31. The van der Waals surface area contributed by atoms with E-state index in [1.165, 1.54) is 4.31 Å². The Kier molecular flexibility index (Phi) is 4.91. The first kappa shape index (κ1) is 16.3. The molecule has 1 fully saturated rings. The Labute approximate surface area is 126 Å². The molecule has 21 heavy (non-hydrogen) atoms. The van der Waals surface area contributed by atoms with Gasteiger partial charge in [0.25, 0.3) is 0 Å². The van der Waals surface area contributed by atoms with Crippen LogP contribution in [0.1, 0.15) is 26.3 Å². The highest BCUT2D eigenvalue weighted by atomic mass is 32.2. The first-order valence-corrected chi connectivity index (χ1v) is 8.65. The van der Waals surface area contributed by atoms with Crippen molar-refractivity contribution >= 4 is 10.0 Å². The Morgan fingerprint density at radius 1 is 1.29 bits per heavy atom. The van der Waals surface area contributed by atoms with Gasteiger partial charge in [-0.15, -0.1) is 0 Å². The second-order valence-corrected chi connectivity index (χ2v) is 7.34. The number of benzene rings is 1. The Hall–Kier alpha value is -1.11. The van der Waals surface area contributed by atoms with Crippen molar-refractivity contribution in [1.29, 1.82) is 0 Å². The Morgan fingerprint density at radius 3 is 2.43 bits per heavy atom. The minimum Gasteiger partial charge on any atom is -0.496 e. The normalized spacial score (nSPS) is 24.0. The predicted molar refractivity (Wildman–Crippen MR) is 81.1 cm³/mol. The molecule has 5 nitrogen and oxygen atoms in total. The average molecular weight is 313 g/mol. The van der Waals surface area contributed by atoms with E-state index < -0.39 is 10.0 Å². The maximum Gasteiger partial charge on any atom is 0.243 e. The zero-order chi connectivity index (χ0) is 15.6. The SMILES string of the molecule is CCc1cc(S(=O)(=O)N2C[C@@H](C)O[C@@H](C)C2)ccc1OC. The first-order chi connectivity index (χ1) is 9.88. The molecule has 0 unspecified atom stereocenters. The minimum atomic E-state index is -3.49. The summed E-state index contributed by atoms with van der Waals surface area (Å²) in [6, 6.07) is 5.04. The molecule has 0 aromatic heterocycles. The molecule has 1 aliphatic rings. The van der Waals surface area contributed by atoms with Crippen LogP contribution in [-0.2, 0) is 21.2 Å². The summed E-state index contributed by atoms with van der Waals surface area (Å²) in [4.78, 5) is 0.321. The zero-order valence-electron chi connectivity index (χ0n) is 13.0. The predicted octanol–water partition coefficient (Wildman–Crippen LogP) is 2.06. The number of sulfonamides is 1. The molecule has 118 valence electrons. The summed E-state index contributed by atoms with van der Waals surface area (Å²) in [5.74, 6) is 0.722. The Balaban J connectivity index is 2.35. The molecule has 2 atom stereocenters. The molecular formula is C15H23NO4S. The summed E-state index contributed by atoms with van der Waals surface area (Å²) < 4.78 is 37.9. The van der Waals surface area contributed by atoms with Gasteiger partial charge in [0.1, 0.15) is 5.75 Å². The molecule has 0 bridgehead atoms. The van der Waals surface area contributed by atoms with E-state index in [1.54, 1.807) is 25.3 Å². The van der Waals surface area contributed by atoms with E-state index >= 15 is 0 Å². The van der Waals surface area contributed by atoms with E-state index in [2.05, 4.69) is 0 Å². The van der Waals surface area contributed by atoms with Gasteiger partial charge in [-0.1, -0.05) is 6.92 Å². The lowest BCUT2D eigenvalue weighted by atomic mass is 10.1. The molecule has 2 rings (SSSR count). The second kappa shape index (κ2) is 6.34. The summed E-state index contributed by atoms with van der Waals surface area (Å²) >= 11 is 0. The highest BCUT2D eigenvalue weighted by Crippen LogP contribution is 2.26. The van der Waals surface area contributed by atoms with Crippen LogP contribution >= 0.6 is 0 Å². The van der Waals surface area contributed by atoms with Gasteiger partial charge < -0.3 is 9.47 Å². The molecule has 0 aliphatic carbocycles. The average Bonchev–Trinajstić information content (AvgIpc) is 2.45. The van der Waals surface area contributed by atoms with Crippen LogP contribution < -0.4 is 4.74 Å². The van der Waals surface area contributed by atoms with E-state index in [0.29, 0.717) is 18.0 Å². The van der Waals surface area contributed by atoms with Crippen molar-refractivity contribution in [2.75, 3.05) is 20.2 Å². The summed E-state index contributed by atoms with van der Waals surface area (Å²) in [7, 11) is -1.90. The highest BCUT2D eigenvalue weighted by molar-refractivity contribution is 7.89. The van der Waals surface area contributed by atoms with Crippen molar-refractivity contribution in [3.05, 3.63) is 23.8 Å². The molecule has 0 N–H and O–H groups in total. The fourth-order valence-electron chi connectivity index (χ4n) is 2.67. The summed E-state index contributed by atoms with van der Waals surface area (Å²) in [5, 5.41) is 0. The highest BCUT2D eigenvalue weighted by Gasteiger charge is 2.32. The minimum absolute atomic E-state index is 0.0904. The lowest BCUT2D eigenvalue weighted by molar-refractivity contribution is -0.0440. The van der Waals surface area contributed by atoms with E-state index in [4.69, 9.17) is 9.47 Å². The van der Waals surface area contributed by atoms with Crippen LogP contribution in [0.5, 0.6) is 5.75 Å². The summed E-state index contributed by atoms with van der Waals surface area (Å²) in [6.07, 6.45) is 0.544. The quantitative estimate of drug-likeness (QED) is 0.854. The Bertz CT molecular complexity index is 590. The number of nitrogens with zero attached hydrogens (tertiary/aromatic N) is 1. The third-order valence-corrected chi connectivity index (χ3v) is 5.48. The van der Waals surface area contributed by atoms with Crippen molar-refractivity contribution in [1.82, 2.24) is 4.31 Å². The molecular weight excluding hydrogens is 290 g/mol. The van der Waals surface area contributed by atoms with Gasteiger partial charge >= 0.3 is 0 Å². The maximum atomic E-state index is 12.8. The van der Waals surface area contributed by atoms with E-state index in [0.717, 1.165) is 17.7 Å². The standard InChI is InChI=1S/C15H23NO4S/c1-5-13-8-14(6-7-15(13)19-4)21(17,18)16-9-11(2)20-12(3)10-16/h6-8,11-12H,5,9-10H2,1-4H3/t11-,12+. The van der Waals surface area contributed by atoms with Crippen LogP contribution in [0.4, 0.5) is 0 Å². The van der Waals surface area contributed by atoms with Gasteiger partial charge in [-0.3, -0.25) is 0 Å². The van der Waals surface area contributed by atoms with E-state index in [1.807, 2.05) is 20.8 Å². The van der Waals surface area contributed by atoms with Gasteiger partial charge in [-0.05, 0) is 44.0 Å². The number of aryl methyl sites for hydroxylation is 1. The number of ether oxygens (including phenoxy) is 2. The first-order valence-electron chi connectivity index (χ1n) is 7.21. The van der Waals surface area contributed by atoms with Crippen molar-refractivity contribution in [3.8, 4) is 5.75 Å². The zero-order valence-corrected chi connectivity index (χ0v) is 13.8. The van der Waals surface area contributed by atoms with Gasteiger partial charge in [-0.2, -0.15) is 4.31 Å². The molecule has 6 heteroatoms. The third-order valence-electron chi connectivity index (χ3n) is 3.66. The fraction of sp³-hybridized carbons (Fsp3) is 0.600. The molecule has 1 aromatic carbocycles. The van der Waals surface area contributed by atoms with Crippen LogP contribution in [0.3, 0.4) is 0 Å². The Morgan fingerprint density at radius 2 is 1.90 bits per heavy atom. The van der Waals surface area contributed by atoms with Crippen molar-refractivity contribution < 1.29 is 17.9 Å². The monoisotopic (exact) mass is 313 g/mol. The van der Waals surface area contributed by atoms with Gasteiger partial charge in [0, 0.05) is 13.1 Å². The van der Waals surface area contributed by atoms with Gasteiger partial charge in [0.15, 0.2) is 0 Å². The van der Waals surface area contributed by atoms with Crippen molar-refractivity contribution in [2.24, 2.45) is 0 Å². The van der Waals surface area contributed by atoms with Crippen LogP contribution in [0, 0.1) is 0 Å². The number of hydrogen-bond donors (Lipinski definition) is 0. The summed E-state index contributed by atoms with van der Waals surface area (Å²) in [5.41, 5.74) is 0.896. The summed E-state index contributed by atoms with van der Waals surface area (Å²) in [6.45, 7) is 6.54. The van der Waals surface area contributed by atoms with Gasteiger partial charge in [0.2, 0.25) is 10.0 Å². The molecule has 1 heterocycles. The van der Waals surface area contributed by atoms with Gasteiger partial charge in [-0.25, -0.2) is 8.42 Å². The number of rotatable bonds is 4. The lowest BCUT2D eigenvalue weighted by Gasteiger charge is -2.34. The lowest BCUT2D eigenvalue weighted by Crippen LogP contribution is -2.48. The van der Waals surface area contributed by atoms with E-state index in [-0.39, 0.29) is 12.2 Å². The van der Waals surface area contributed by atoms with Crippen LogP contribution in [0.2, 0.25) is 0 Å². The number of morpholine rings is 1. The number of methoxy groups -OCH3 is 1. The molecule has 0 radical (unpaired) electrons. The molecule has 1 saturated heterocycles.